The Morgan fingerprint density at radius 2 is 1.41 bits per heavy atom. The molecule has 0 aliphatic carbocycles. The van der Waals surface area contributed by atoms with Crippen LogP contribution in [0.25, 0.3) is 0 Å². The number of hydrogen-bond acceptors (Lipinski definition) is 2. The number of hydrogen-bond donors (Lipinski definition) is 1. The van der Waals surface area contributed by atoms with Gasteiger partial charge in [-0.3, -0.25) is 4.79 Å². The molecule has 2 rings (SSSR count). The van der Waals surface area contributed by atoms with Gasteiger partial charge in [0.05, 0.1) is 6.04 Å². The summed E-state index contributed by atoms with van der Waals surface area (Å²) in [5.41, 5.74) is 8.41. The second-order valence-corrected chi connectivity index (χ2v) is 5.78. The molecule has 1 unspecified atom stereocenters. The van der Waals surface area contributed by atoms with Crippen molar-refractivity contribution in [2.75, 3.05) is 7.05 Å². The van der Waals surface area contributed by atoms with Gasteiger partial charge >= 0.3 is 0 Å². The van der Waals surface area contributed by atoms with Gasteiger partial charge < -0.3 is 10.6 Å². The lowest BCUT2D eigenvalue weighted by Gasteiger charge is -2.28. The lowest BCUT2D eigenvalue weighted by Crippen LogP contribution is -2.47. The molecule has 0 saturated carbocycles. The lowest BCUT2D eigenvalue weighted by atomic mass is 10.0. The maximum absolute atomic E-state index is 12.5. The van der Waals surface area contributed by atoms with Crippen molar-refractivity contribution in [2.45, 2.75) is 31.8 Å². The number of likely N-dealkylation sites (N-methyl/N-ethyl adjacent to an activating group) is 1. The molecule has 0 heterocycles. The summed E-state index contributed by atoms with van der Waals surface area (Å²) in [6, 6.07) is 19.7. The van der Waals surface area contributed by atoms with E-state index in [4.69, 9.17) is 5.73 Å². The summed E-state index contributed by atoms with van der Waals surface area (Å²) in [7, 11) is 1.83. The van der Waals surface area contributed by atoms with Crippen LogP contribution < -0.4 is 5.73 Å². The van der Waals surface area contributed by atoms with Crippen molar-refractivity contribution in [1.82, 2.24) is 4.90 Å². The maximum atomic E-state index is 12.5. The van der Waals surface area contributed by atoms with Gasteiger partial charge in [-0.2, -0.15) is 0 Å². The first-order chi connectivity index (χ1) is 10.6. The van der Waals surface area contributed by atoms with E-state index in [0.29, 0.717) is 6.42 Å². The first kappa shape index (κ1) is 16.2. The molecule has 0 fully saturated rings. The molecular weight excluding hydrogens is 272 g/mol. The van der Waals surface area contributed by atoms with Crippen LogP contribution >= 0.6 is 0 Å². The van der Waals surface area contributed by atoms with E-state index >= 15 is 0 Å². The Kier molecular flexibility index (Phi) is 5.73. The highest BCUT2D eigenvalue weighted by Gasteiger charge is 2.22. The van der Waals surface area contributed by atoms with Crippen molar-refractivity contribution in [3.05, 3.63) is 71.8 Å². The van der Waals surface area contributed by atoms with Crippen LogP contribution in [0.1, 0.15) is 18.1 Å². The van der Waals surface area contributed by atoms with Crippen molar-refractivity contribution in [1.29, 1.82) is 0 Å². The smallest absolute Gasteiger partial charge is 0.239 e. The van der Waals surface area contributed by atoms with Gasteiger partial charge in [0.15, 0.2) is 0 Å². The largest absolute Gasteiger partial charge is 0.341 e. The molecule has 0 aliphatic heterocycles. The highest BCUT2D eigenvalue weighted by atomic mass is 16.2. The number of carbonyl (C=O) groups is 1. The van der Waals surface area contributed by atoms with Gasteiger partial charge in [0, 0.05) is 13.1 Å². The van der Waals surface area contributed by atoms with Gasteiger partial charge in [0.25, 0.3) is 0 Å². The number of nitrogens with zero attached hydrogens (tertiary/aromatic N) is 1. The Morgan fingerprint density at radius 1 is 0.955 bits per heavy atom. The predicted molar refractivity (Wildman–Crippen MR) is 90.5 cm³/mol. The fourth-order valence-corrected chi connectivity index (χ4v) is 2.53. The van der Waals surface area contributed by atoms with E-state index in [1.807, 2.05) is 55.6 Å². The average molecular weight is 296 g/mol. The van der Waals surface area contributed by atoms with Crippen molar-refractivity contribution >= 4 is 5.91 Å². The molecule has 3 heteroatoms. The zero-order valence-corrected chi connectivity index (χ0v) is 13.3. The Morgan fingerprint density at radius 3 is 1.91 bits per heavy atom. The zero-order valence-electron chi connectivity index (χ0n) is 13.3. The molecule has 2 N–H and O–H groups in total. The summed E-state index contributed by atoms with van der Waals surface area (Å²) in [6.45, 7) is 2.06. The van der Waals surface area contributed by atoms with Crippen LogP contribution in [0.3, 0.4) is 0 Å². The molecule has 0 radical (unpaired) electrons. The monoisotopic (exact) mass is 296 g/mol. The molecule has 3 nitrogen and oxygen atoms in total. The maximum Gasteiger partial charge on any atom is 0.239 e. The standard InChI is InChI=1S/C19H24N2O/c1-15(13-16-9-5-3-6-10-16)21(2)19(22)18(20)14-17-11-7-4-8-12-17/h3-12,15,18H,13-14,20H2,1-2H3/t15?,18-/m0/s1. The van der Waals surface area contributed by atoms with E-state index in [1.165, 1.54) is 5.56 Å². The summed E-state index contributed by atoms with van der Waals surface area (Å²) in [5.74, 6) is -0.00714. The van der Waals surface area contributed by atoms with Crippen molar-refractivity contribution in [3.63, 3.8) is 0 Å². The van der Waals surface area contributed by atoms with Crippen molar-refractivity contribution in [2.24, 2.45) is 5.73 Å². The van der Waals surface area contributed by atoms with Crippen molar-refractivity contribution < 1.29 is 4.79 Å². The summed E-state index contributed by atoms with van der Waals surface area (Å²) in [6.07, 6.45) is 1.41. The summed E-state index contributed by atoms with van der Waals surface area (Å²) in [4.78, 5) is 14.2. The van der Waals surface area contributed by atoms with E-state index < -0.39 is 6.04 Å². The topological polar surface area (TPSA) is 46.3 Å². The predicted octanol–water partition coefficient (Wildman–Crippen LogP) is 2.65. The van der Waals surface area contributed by atoms with Crippen LogP contribution in [0.4, 0.5) is 0 Å². The molecule has 2 aromatic rings. The Hall–Kier alpha value is -2.13. The summed E-state index contributed by atoms with van der Waals surface area (Å²) in [5, 5.41) is 0. The lowest BCUT2D eigenvalue weighted by molar-refractivity contribution is -0.133. The number of rotatable bonds is 6. The van der Waals surface area contributed by atoms with E-state index in [9.17, 15) is 4.79 Å². The Labute approximate surface area is 132 Å². The molecule has 0 bridgehead atoms. The highest BCUT2D eigenvalue weighted by molar-refractivity contribution is 5.82. The molecule has 2 atom stereocenters. The number of amides is 1. The van der Waals surface area contributed by atoms with Gasteiger partial charge in [-0.1, -0.05) is 60.7 Å². The Balaban J connectivity index is 1.93. The molecule has 0 aromatic heterocycles. The number of nitrogens with two attached hydrogens (primary N) is 1. The normalized spacial score (nSPS) is 13.4. The molecular formula is C19H24N2O. The molecule has 0 spiro atoms. The fraction of sp³-hybridized carbons (Fsp3) is 0.316. The fourth-order valence-electron chi connectivity index (χ4n) is 2.53. The van der Waals surface area contributed by atoms with Crippen LogP contribution in [0.5, 0.6) is 0 Å². The summed E-state index contributed by atoms with van der Waals surface area (Å²) < 4.78 is 0. The van der Waals surface area contributed by atoms with Crippen molar-refractivity contribution in [3.8, 4) is 0 Å². The number of carbonyl (C=O) groups excluding carboxylic acids is 1. The first-order valence-electron chi connectivity index (χ1n) is 7.68. The molecule has 2 aromatic carbocycles. The van der Waals surface area contributed by atoms with Crippen LogP contribution in [-0.4, -0.2) is 29.9 Å². The minimum atomic E-state index is -0.495. The third-order valence-electron chi connectivity index (χ3n) is 4.00. The van der Waals surface area contributed by atoms with Crippen LogP contribution in [0.2, 0.25) is 0 Å². The molecule has 116 valence electrons. The summed E-state index contributed by atoms with van der Waals surface area (Å²) >= 11 is 0. The molecule has 0 saturated heterocycles. The number of benzene rings is 2. The van der Waals surface area contributed by atoms with E-state index in [0.717, 1.165) is 12.0 Å². The van der Waals surface area contributed by atoms with E-state index in [1.54, 1.807) is 4.90 Å². The average Bonchev–Trinajstić information content (AvgIpc) is 2.55. The highest BCUT2D eigenvalue weighted by Crippen LogP contribution is 2.10. The quantitative estimate of drug-likeness (QED) is 0.891. The zero-order chi connectivity index (χ0) is 15.9. The second-order valence-electron chi connectivity index (χ2n) is 5.78. The molecule has 1 amide bonds. The minimum Gasteiger partial charge on any atom is -0.341 e. The van der Waals surface area contributed by atoms with Gasteiger partial charge in [-0.15, -0.1) is 0 Å². The van der Waals surface area contributed by atoms with Gasteiger partial charge in [0.1, 0.15) is 0 Å². The third-order valence-corrected chi connectivity index (χ3v) is 4.00. The molecule has 0 aliphatic rings. The van der Waals surface area contributed by atoms with E-state index in [2.05, 4.69) is 19.1 Å². The van der Waals surface area contributed by atoms with Gasteiger partial charge in [-0.25, -0.2) is 0 Å². The van der Waals surface area contributed by atoms with Crippen LogP contribution in [-0.2, 0) is 17.6 Å². The Bertz CT molecular complexity index is 583. The van der Waals surface area contributed by atoms with Gasteiger partial charge in [-0.05, 0) is 30.9 Å². The third kappa shape index (κ3) is 4.43. The second kappa shape index (κ2) is 7.76. The van der Waals surface area contributed by atoms with Crippen LogP contribution in [0, 0.1) is 0 Å². The SMILES string of the molecule is CC(Cc1ccccc1)N(C)C(=O)[C@@H](N)Cc1ccccc1. The minimum absolute atomic E-state index is 0.00714. The van der Waals surface area contributed by atoms with Crippen LogP contribution in [0.15, 0.2) is 60.7 Å². The molecule has 22 heavy (non-hydrogen) atoms. The van der Waals surface area contributed by atoms with Gasteiger partial charge in [0.2, 0.25) is 5.91 Å². The van der Waals surface area contributed by atoms with E-state index in [-0.39, 0.29) is 11.9 Å². The first-order valence-corrected chi connectivity index (χ1v) is 7.68.